The second-order valence-corrected chi connectivity index (χ2v) is 3.52. The van der Waals surface area contributed by atoms with Crippen LogP contribution in [0.3, 0.4) is 0 Å². The van der Waals surface area contributed by atoms with Crippen LogP contribution in [0.25, 0.3) is 6.08 Å². The average molecular weight is 260 g/mol. The molecule has 98 valence electrons. The number of benzene rings is 1. The Morgan fingerprint density at radius 2 is 2.00 bits per heavy atom. The van der Waals surface area contributed by atoms with Crippen LogP contribution in [-0.4, -0.2) is 22.8 Å². The van der Waals surface area contributed by atoms with Crippen LogP contribution in [0.4, 0.5) is 13.2 Å². The Kier molecular flexibility index (Phi) is 4.49. The first-order valence-corrected chi connectivity index (χ1v) is 5.08. The molecule has 0 heterocycles. The lowest BCUT2D eigenvalue weighted by molar-refractivity contribution is -0.137. The summed E-state index contributed by atoms with van der Waals surface area (Å²) in [5, 5.41) is 17.4. The molecule has 0 aliphatic rings. The van der Waals surface area contributed by atoms with Gasteiger partial charge in [-0.05, 0) is 30.2 Å². The standard InChI is InChI=1S/C12H11F3O3/c13-12(14,15)9-4-5-10(11(17)18)8(7-9)3-1-2-6-16/h1,3-5,7,16H,2,6H2,(H,17,18). The van der Waals surface area contributed by atoms with Gasteiger partial charge in [0.1, 0.15) is 0 Å². The highest BCUT2D eigenvalue weighted by Gasteiger charge is 2.31. The number of carboxylic acids is 1. The minimum absolute atomic E-state index is 0.0363. The van der Waals surface area contributed by atoms with Crippen molar-refractivity contribution >= 4 is 12.0 Å². The molecule has 0 aromatic heterocycles. The number of aromatic carboxylic acids is 1. The number of rotatable bonds is 4. The molecule has 0 amide bonds. The Morgan fingerprint density at radius 3 is 2.50 bits per heavy atom. The van der Waals surface area contributed by atoms with Gasteiger partial charge >= 0.3 is 12.1 Å². The molecule has 0 fully saturated rings. The van der Waals surface area contributed by atoms with Crippen LogP contribution in [0.5, 0.6) is 0 Å². The molecular weight excluding hydrogens is 249 g/mol. The summed E-state index contributed by atoms with van der Waals surface area (Å²) in [5.74, 6) is -1.30. The van der Waals surface area contributed by atoms with E-state index >= 15 is 0 Å². The van der Waals surface area contributed by atoms with Crippen LogP contribution in [-0.2, 0) is 6.18 Å². The number of hydrogen-bond acceptors (Lipinski definition) is 2. The van der Waals surface area contributed by atoms with Gasteiger partial charge in [0, 0.05) is 6.61 Å². The summed E-state index contributed by atoms with van der Waals surface area (Å²) in [6, 6.07) is 2.42. The number of carbonyl (C=O) groups is 1. The molecule has 0 saturated heterocycles. The molecule has 6 heteroatoms. The van der Waals surface area contributed by atoms with E-state index in [-0.39, 0.29) is 24.2 Å². The van der Waals surface area contributed by atoms with E-state index < -0.39 is 17.7 Å². The molecule has 3 nitrogen and oxygen atoms in total. The van der Waals surface area contributed by atoms with Crippen LogP contribution in [0.1, 0.15) is 27.9 Å². The highest BCUT2D eigenvalue weighted by Crippen LogP contribution is 2.31. The van der Waals surface area contributed by atoms with Crippen molar-refractivity contribution in [3.63, 3.8) is 0 Å². The molecule has 0 spiro atoms. The molecule has 0 aliphatic carbocycles. The van der Waals surface area contributed by atoms with E-state index in [1.807, 2.05) is 0 Å². The van der Waals surface area contributed by atoms with Crippen molar-refractivity contribution in [2.24, 2.45) is 0 Å². The van der Waals surface area contributed by atoms with Gasteiger partial charge in [0.05, 0.1) is 11.1 Å². The highest BCUT2D eigenvalue weighted by molar-refractivity contribution is 5.92. The largest absolute Gasteiger partial charge is 0.478 e. The maximum atomic E-state index is 12.5. The second kappa shape index (κ2) is 5.68. The molecule has 1 aromatic rings. The summed E-state index contributed by atoms with van der Waals surface area (Å²) in [5.41, 5.74) is -1.15. The van der Waals surface area contributed by atoms with E-state index in [9.17, 15) is 18.0 Å². The summed E-state index contributed by atoms with van der Waals surface area (Å²) < 4.78 is 37.4. The topological polar surface area (TPSA) is 57.5 Å². The second-order valence-electron chi connectivity index (χ2n) is 3.52. The van der Waals surface area contributed by atoms with Gasteiger partial charge in [-0.25, -0.2) is 4.79 Å². The molecule has 0 bridgehead atoms. The molecule has 0 unspecified atom stereocenters. The lowest BCUT2D eigenvalue weighted by atomic mass is 10.0. The Hall–Kier alpha value is -1.82. The van der Waals surface area contributed by atoms with E-state index in [2.05, 4.69) is 0 Å². The van der Waals surface area contributed by atoms with E-state index in [4.69, 9.17) is 10.2 Å². The first kappa shape index (κ1) is 14.2. The van der Waals surface area contributed by atoms with Crippen LogP contribution in [0.2, 0.25) is 0 Å². The molecule has 18 heavy (non-hydrogen) atoms. The minimum atomic E-state index is -4.52. The zero-order valence-corrected chi connectivity index (χ0v) is 9.24. The van der Waals surface area contributed by atoms with Gasteiger partial charge in [-0.2, -0.15) is 13.2 Å². The molecule has 2 N–H and O–H groups in total. The van der Waals surface area contributed by atoms with Gasteiger partial charge in [0.25, 0.3) is 0 Å². The van der Waals surface area contributed by atoms with Gasteiger partial charge in [0.15, 0.2) is 0 Å². The molecule has 1 rings (SSSR count). The fourth-order valence-electron chi connectivity index (χ4n) is 1.36. The van der Waals surface area contributed by atoms with Crippen LogP contribution >= 0.6 is 0 Å². The summed E-state index contributed by atoms with van der Waals surface area (Å²) >= 11 is 0. The van der Waals surface area contributed by atoms with Crippen molar-refractivity contribution in [3.05, 3.63) is 41.0 Å². The average Bonchev–Trinajstić information content (AvgIpc) is 2.27. The molecule has 0 aliphatic heterocycles. The van der Waals surface area contributed by atoms with Gasteiger partial charge in [-0.3, -0.25) is 0 Å². The van der Waals surface area contributed by atoms with E-state index in [1.54, 1.807) is 0 Å². The number of alkyl halides is 3. The molecule has 1 aromatic carbocycles. The van der Waals surface area contributed by atoms with Crippen molar-refractivity contribution in [1.82, 2.24) is 0 Å². The number of aliphatic hydroxyl groups is 1. The number of hydrogen-bond donors (Lipinski definition) is 2. The minimum Gasteiger partial charge on any atom is -0.478 e. The van der Waals surface area contributed by atoms with Gasteiger partial charge in [-0.15, -0.1) is 0 Å². The van der Waals surface area contributed by atoms with E-state index in [0.29, 0.717) is 0 Å². The van der Waals surface area contributed by atoms with Crippen LogP contribution < -0.4 is 0 Å². The third kappa shape index (κ3) is 3.59. The number of halogens is 3. The lowest BCUT2D eigenvalue weighted by Gasteiger charge is -2.09. The lowest BCUT2D eigenvalue weighted by Crippen LogP contribution is -2.07. The van der Waals surface area contributed by atoms with Gasteiger partial charge in [-0.1, -0.05) is 12.2 Å². The van der Waals surface area contributed by atoms with E-state index in [0.717, 1.165) is 18.2 Å². The Bertz CT molecular complexity index is 464. The Labute approximate surface area is 101 Å². The monoisotopic (exact) mass is 260 g/mol. The van der Waals surface area contributed by atoms with Crippen LogP contribution in [0, 0.1) is 0 Å². The van der Waals surface area contributed by atoms with Gasteiger partial charge < -0.3 is 10.2 Å². The fraction of sp³-hybridized carbons (Fsp3) is 0.250. The third-order valence-corrected chi connectivity index (χ3v) is 2.20. The Balaban J connectivity index is 3.20. The summed E-state index contributed by atoms with van der Waals surface area (Å²) in [4.78, 5) is 10.9. The first-order valence-electron chi connectivity index (χ1n) is 5.08. The quantitative estimate of drug-likeness (QED) is 0.875. The van der Waals surface area contributed by atoms with Crippen molar-refractivity contribution in [1.29, 1.82) is 0 Å². The van der Waals surface area contributed by atoms with Crippen molar-refractivity contribution in [2.75, 3.05) is 6.61 Å². The molecular formula is C12H11F3O3. The first-order chi connectivity index (χ1) is 8.36. The molecule has 0 saturated carbocycles. The van der Waals surface area contributed by atoms with Crippen LogP contribution in [0.15, 0.2) is 24.3 Å². The fourth-order valence-corrected chi connectivity index (χ4v) is 1.36. The zero-order chi connectivity index (χ0) is 13.8. The summed E-state index contributed by atoms with van der Waals surface area (Å²) in [7, 11) is 0. The SMILES string of the molecule is O=C(O)c1ccc(C(F)(F)F)cc1C=CCCO. The van der Waals surface area contributed by atoms with Gasteiger partial charge in [0.2, 0.25) is 0 Å². The Morgan fingerprint density at radius 1 is 1.33 bits per heavy atom. The normalized spacial score (nSPS) is 12.0. The third-order valence-electron chi connectivity index (χ3n) is 2.20. The predicted molar refractivity (Wildman–Crippen MR) is 59.1 cm³/mol. The smallest absolute Gasteiger partial charge is 0.416 e. The predicted octanol–water partition coefficient (Wildman–Crippen LogP) is 2.80. The molecule has 0 atom stereocenters. The maximum Gasteiger partial charge on any atom is 0.416 e. The van der Waals surface area contributed by atoms with Crippen molar-refractivity contribution < 1.29 is 28.2 Å². The zero-order valence-electron chi connectivity index (χ0n) is 9.24. The molecule has 0 radical (unpaired) electrons. The van der Waals surface area contributed by atoms with E-state index in [1.165, 1.54) is 12.2 Å². The maximum absolute atomic E-state index is 12.5. The summed E-state index contributed by atoms with van der Waals surface area (Å²) in [6.45, 7) is -0.155. The van der Waals surface area contributed by atoms with Crippen molar-refractivity contribution in [2.45, 2.75) is 12.6 Å². The number of aliphatic hydroxyl groups excluding tert-OH is 1. The van der Waals surface area contributed by atoms with Crippen molar-refractivity contribution in [3.8, 4) is 0 Å². The summed E-state index contributed by atoms with van der Waals surface area (Å²) in [6.07, 6.45) is -1.59. The number of carboxylic acid groups (broad SMARTS) is 1. The highest BCUT2D eigenvalue weighted by atomic mass is 19.4.